The van der Waals surface area contributed by atoms with Crippen molar-refractivity contribution in [2.24, 2.45) is 11.3 Å². The highest BCUT2D eigenvalue weighted by molar-refractivity contribution is 9.12. The Kier molecular flexibility index (Phi) is 1.37. The third kappa shape index (κ3) is 1.06. The van der Waals surface area contributed by atoms with E-state index in [4.69, 9.17) is 0 Å². The standard InChI is InChI=1S/C7H8Br/c1-7(2)5-6(7)3-4-8/h5-6H,1-2H3. The molecule has 1 rings (SSSR count). The quantitative estimate of drug-likeness (QED) is 0.491. The second kappa shape index (κ2) is 1.77. The van der Waals surface area contributed by atoms with E-state index in [9.17, 15) is 0 Å². The SMILES string of the molecule is CC1(C)[CH]C1C#CBr. The third-order valence-corrected chi connectivity index (χ3v) is 1.73. The van der Waals surface area contributed by atoms with E-state index < -0.39 is 0 Å². The van der Waals surface area contributed by atoms with Gasteiger partial charge >= 0.3 is 0 Å². The van der Waals surface area contributed by atoms with Gasteiger partial charge in [-0.1, -0.05) is 19.8 Å². The van der Waals surface area contributed by atoms with Crippen molar-refractivity contribution in [1.82, 2.24) is 0 Å². The molecule has 0 aromatic heterocycles. The van der Waals surface area contributed by atoms with Crippen LogP contribution in [0.15, 0.2) is 0 Å². The molecule has 0 spiro atoms. The van der Waals surface area contributed by atoms with E-state index in [2.05, 4.69) is 46.9 Å². The van der Waals surface area contributed by atoms with E-state index >= 15 is 0 Å². The van der Waals surface area contributed by atoms with Crippen LogP contribution in [-0.4, -0.2) is 0 Å². The zero-order chi connectivity index (χ0) is 6.20. The fraction of sp³-hybridized carbons (Fsp3) is 0.571. The molecule has 0 nitrogen and oxygen atoms in total. The van der Waals surface area contributed by atoms with Crippen molar-refractivity contribution in [2.75, 3.05) is 0 Å². The Morgan fingerprint density at radius 2 is 2.12 bits per heavy atom. The zero-order valence-electron chi connectivity index (χ0n) is 5.03. The van der Waals surface area contributed by atoms with Crippen LogP contribution in [0.4, 0.5) is 0 Å². The van der Waals surface area contributed by atoms with Gasteiger partial charge in [0.25, 0.3) is 0 Å². The van der Waals surface area contributed by atoms with E-state index in [0.717, 1.165) is 0 Å². The van der Waals surface area contributed by atoms with E-state index in [1.807, 2.05) is 0 Å². The Bertz CT molecular complexity index is 148. The average Bonchev–Trinajstić information content (AvgIpc) is 2.15. The molecule has 1 fully saturated rings. The van der Waals surface area contributed by atoms with Crippen LogP contribution in [0.2, 0.25) is 0 Å². The van der Waals surface area contributed by atoms with Crippen LogP contribution in [-0.2, 0) is 0 Å². The van der Waals surface area contributed by atoms with Crippen molar-refractivity contribution in [2.45, 2.75) is 13.8 Å². The summed E-state index contributed by atoms with van der Waals surface area (Å²) in [7, 11) is 0. The Labute approximate surface area is 58.8 Å². The molecule has 1 heteroatoms. The predicted octanol–water partition coefficient (Wildman–Crippen LogP) is 2.20. The molecule has 8 heavy (non-hydrogen) atoms. The lowest BCUT2D eigenvalue weighted by Crippen LogP contribution is -1.85. The first kappa shape index (κ1) is 6.16. The van der Waals surface area contributed by atoms with Gasteiger partial charge in [-0.2, -0.15) is 0 Å². The van der Waals surface area contributed by atoms with Crippen molar-refractivity contribution in [3.8, 4) is 10.8 Å². The Morgan fingerprint density at radius 1 is 1.62 bits per heavy atom. The third-order valence-electron chi connectivity index (χ3n) is 1.50. The summed E-state index contributed by atoms with van der Waals surface area (Å²) in [5, 5.41) is 0. The molecule has 0 aromatic rings. The number of hydrogen-bond acceptors (Lipinski definition) is 0. The normalized spacial score (nSPS) is 30.6. The highest BCUT2D eigenvalue weighted by Gasteiger charge is 2.44. The summed E-state index contributed by atoms with van der Waals surface area (Å²) in [6.45, 7) is 4.38. The minimum absolute atomic E-state index is 0.390. The lowest BCUT2D eigenvalue weighted by molar-refractivity contribution is 0.635. The van der Waals surface area contributed by atoms with Crippen molar-refractivity contribution in [1.29, 1.82) is 0 Å². The molecule has 1 atom stereocenters. The molecular formula is C7H8Br. The van der Waals surface area contributed by atoms with Gasteiger partial charge in [0.15, 0.2) is 0 Å². The van der Waals surface area contributed by atoms with Gasteiger partial charge in [-0.25, -0.2) is 0 Å². The molecule has 1 radical (unpaired) electrons. The van der Waals surface area contributed by atoms with Gasteiger partial charge in [0.2, 0.25) is 0 Å². The highest BCUT2D eigenvalue weighted by Crippen LogP contribution is 2.49. The molecule has 0 heterocycles. The van der Waals surface area contributed by atoms with Crippen LogP contribution in [0, 0.1) is 28.5 Å². The Hall–Kier alpha value is 0.0400. The number of hydrogen-bond donors (Lipinski definition) is 0. The monoisotopic (exact) mass is 171 g/mol. The first-order chi connectivity index (χ1) is 3.67. The lowest BCUT2D eigenvalue weighted by Gasteiger charge is -1.91. The van der Waals surface area contributed by atoms with Crippen LogP contribution in [0.5, 0.6) is 0 Å². The molecule has 0 aliphatic heterocycles. The minimum Gasteiger partial charge on any atom is -0.0865 e. The number of rotatable bonds is 0. The van der Waals surface area contributed by atoms with Gasteiger partial charge in [0.05, 0.1) is 0 Å². The van der Waals surface area contributed by atoms with Gasteiger partial charge < -0.3 is 0 Å². The van der Waals surface area contributed by atoms with Gasteiger partial charge in [0, 0.05) is 21.8 Å². The number of halogens is 1. The summed E-state index contributed by atoms with van der Waals surface area (Å²) in [6.07, 6.45) is 2.24. The maximum absolute atomic E-state index is 3.06. The van der Waals surface area contributed by atoms with Crippen molar-refractivity contribution >= 4 is 15.9 Å². The molecular weight excluding hydrogens is 164 g/mol. The van der Waals surface area contributed by atoms with E-state index in [1.54, 1.807) is 0 Å². The fourth-order valence-corrected chi connectivity index (χ4v) is 0.915. The average molecular weight is 172 g/mol. The zero-order valence-corrected chi connectivity index (χ0v) is 6.62. The summed E-state index contributed by atoms with van der Waals surface area (Å²) < 4.78 is 0. The van der Waals surface area contributed by atoms with E-state index in [0.29, 0.717) is 11.3 Å². The van der Waals surface area contributed by atoms with Gasteiger partial charge in [-0.3, -0.25) is 0 Å². The molecule has 1 saturated carbocycles. The molecule has 0 aromatic carbocycles. The van der Waals surface area contributed by atoms with Crippen LogP contribution in [0.1, 0.15) is 13.8 Å². The molecule has 1 aliphatic carbocycles. The summed E-state index contributed by atoms with van der Waals surface area (Å²) >= 11 is 3.06. The predicted molar refractivity (Wildman–Crippen MR) is 38.3 cm³/mol. The molecule has 0 saturated heterocycles. The summed E-state index contributed by atoms with van der Waals surface area (Å²) in [4.78, 5) is 2.72. The van der Waals surface area contributed by atoms with Crippen molar-refractivity contribution in [3.05, 3.63) is 6.42 Å². The van der Waals surface area contributed by atoms with Crippen molar-refractivity contribution in [3.63, 3.8) is 0 Å². The smallest absolute Gasteiger partial charge is 0.0303 e. The van der Waals surface area contributed by atoms with E-state index in [1.165, 1.54) is 0 Å². The molecule has 1 unspecified atom stereocenters. The molecule has 0 N–H and O–H groups in total. The Balaban J connectivity index is 2.45. The minimum atomic E-state index is 0.390. The van der Waals surface area contributed by atoms with Crippen LogP contribution < -0.4 is 0 Å². The highest BCUT2D eigenvalue weighted by atomic mass is 79.9. The first-order valence-electron chi connectivity index (χ1n) is 2.64. The molecule has 0 bridgehead atoms. The molecule has 43 valence electrons. The molecule has 0 amide bonds. The summed E-state index contributed by atoms with van der Waals surface area (Å²) in [5.74, 6) is 3.55. The fourth-order valence-electron chi connectivity index (χ4n) is 0.668. The summed E-state index contributed by atoms with van der Waals surface area (Å²) in [5.41, 5.74) is 0.390. The largest absolute Gasteiger partial charge is 0.0865 e. The van der Waals surface area contributed by atoms with Gasteiger partial charge in [0.1, 0.15) is 0 Å². The van der Waals surface area contributed by atoms with Crippen molar-refractivity contribution < 1.29 is 0 Å². The van der Waals surface area contributed by atoms with Crippen LogP contribution >= 0.6 is 15.9 Å². The summed E-state index contributed by atoms with van der Waals surface area (Å²) in [6, 6.07) is 0. The molecule has 1 aliphatic rings. The van der Waals surface area contributed by atoms with Crippen LogP contribution in [0.3, 0.4) is 0 Å². The maximum atomic E-state index is 3.06. The lowest BCUT2D eigenvalue weighted by atomic mass is 10.1. The second-order valence-electron chi connectivity index (χ2n) is 2.70. The Morgan fingerprint density at radius 3 is 2.25 bits per heavy atom. The topological polar surface area (TPSA) is 0 Å². The van der Waals surface area contributed by atoms with Gasteiger partial charge in [-0.05, 0) is 16.7 Å². The van der Waals surface area contributed by atoms with E-state index in [-0.39, 0.29) is 0 Å². The van der Waals surface area contributed by atoms with Gasteiger partial charge in [-0.15, -0.1) is 0 Å². The maximum Gasteiger partial charge on any atom is 0.0303 e. The second-order valence-corrected chi connectivity index (χ2v) is 3.10. The van der Waals surface area contributed by atoms with Crippen LogP contribution in [0.25, 0.3) is 0 Å². The first-order valence-corrected chi connectivity index (χ1v) is 3.43.